The van der Waals surface area contributed by atoms with E-state index in [9.17, 15) is 0 Å². The lowest BCUT2D eigenvalue weighted by Gasteiger charge is -2.30. The van der Waals surface area contributed by atoms with Crippen molar-refractivity contribution in [2.24, 2.45) is 0 Å². The molecule has 0 amide bonds. The number of benzene rings is 3. The summed E-state index contributed by atoms with van der Waals surface area (Å²) in [6.07, 6.45) is 5.45. The van der Waals surface area contributed by atoms with Gasteiger partial charge in [-0.05, 0) is 67.8 Å². The molecular weight excluding hydrogens is 352 g/mol. The van der Waals surface area contributed by atoms with E-state index in [2.05, 4.69) is 76.2 Å². The standard InChI is InChI=1S/C24H22O.2C2H6/c1-14-5-7-16-13-21-18-9-10-24(3,4)25-23(18)17-8-6-15(2)12-20(17)22(21)19(16)11-14;2*1-2/h5-12H,13H2,1-4H3;2*1-2H3. The van der Waals surface area contributed by atoms with Crippen molar-refractivity contribution in [3.63, 3.8) is 0 Å². The third-order valence-electron chi connectivity index (χ3n) is 5.48. The van der Waals surface area contributed by atoms with Crippen molar-refractivity contribution in [2.45, 2.75) is 67.4 Å². The summed E-state index contributed by atoms with van der Waals surface area (Å²) >= 11 is 0. The zero-order valence-electron chi connectivity index (χ0n) is 19.2. The van der Waals surface area contributed by atoms with E-state index < -0.39 is 0 Å². The van der Waals surface area contributed by atoms with Crippen LogP contribution in [-0.4, -0.2) is 5.60 Å². The van der Waals surface area contributed by atoms with Gasteiger partial charge in [0.05, 0.1) is 0 Å². The van der Waals surface area contributed by atoms with Gasteiger partial charge < -0.3 is 4.74 Å². The van der Waals surface area contributed by atoms with Crippen LogP contribution < -0.4 is 4.74 Å². The normalized spacial score (nSPS) is 14.5. The van der Waals surface area contributed by atoms with E-state index in [0.29, 0.717) is 0 Å². The molecule has 1 aliphatic heterocycles. The van der Waals surface area contributed by atoms with Crippen LogP contribution in [0.3, 0.4) is 0 Å². The second kappa shape index (κ2) is 8.06. The van der Waals surface area contributed by atoms with E-state index in [1.54, 1.807) is 0 Å². The van der Waals surface area contributed by atoms with E-state index in [0.717, 1.165) is 12.2 Å². The summed E-state index contributed by atoms with van der Waals surface area (Å²) in [7, 11) is 0. The lowest BCUT2D eigenvalue weighted by Crippen LogP contribution is -2.28. The minimum atomic E-state index is -0.263. The van der Waals surface area contributed by atoms with Crippen LogP contribution in [0.25, 0.3) is 28.0 Å². The highest BCUT2D eigenvalue weighted by molar-refractivity contribution is 6.07. The Bertz CT molecular complexity index is 1080. The Hall–Kier alpha value is -2.54. The SMILES string of the molecule is CC.CC.Cc1ccc2c(c1)-c1c(c3c(c4ccc(C)cc14)OC(C)(C)C=C3)C2. The average molecular weight is 387 g/mol. The molecule has 3 aromatic carbocycles. The Kier molecular flexibility index (Phi) is 5.89. The van der Waals surface area contributed by atoms with Crippen LogP contribution in [0.1, 0.15) is 69.4 Å². The van der Waals surface area contributed by atoms with Gasteiger partial charge >= 0.3 is 0 Å². The van der Waals surface area contributed by atoms with Crippen LogP contribution in [-0.2, 0) is 6.42 Å². The molecular formula is C28H34O. The van der Waals surface area contributed by atoms with Gasteiger partial charge in [-0.25, -0.2) is 0 Å². The second-order valence-electron chi connectivity index (χ2n) is 8.02. The van der Waals surface area contributed by atoms with Crippen molar-refractivity contribution < 1.29 is 4.74 Å². The molecule has 0 atom stereocenters. The molecule has 0 saturated heterocycles. The topological polar surface area (TPSA) is 9.23 Å². The van der Waals surface area contributed by atoms with Gasteiger partial charge in [0.1, 0.15) is 11.4 Å². The molecule has 0 radical (unpaired) electrons. The Morgan fingerprint density at radius 1 is 0.828 bits per heavy atom. The fraction of sp³-hybridized carbons (Fsp3) is 0.357. The second-order valence-corrected chi connectivity index (χ2v) is 8.02. The predicted molar refractivity (Wildman–Crippen MR) is 128 cm³/mol. The lowest BCUT2D eigenvalue weighted by molar-refractivity contribution is 0.161. The molecule has 5 rings (SSSR count). The van der Waals surface area contributed by atoms with Gasteiger partial charge in [-0.15, -0.1) is 0 Å². The smallest absolute Gasteiger partial charge is 0.135 e. The number of fused-ring (bicyclic) bond motifs is 8. The van der Waals surface area contributed by atoms with Gasteiger partial charge in [0.25, 0.3) is 0 Å². The van der Waals surface area contributed by atoms with Gasteiger partial charge in [0, 0.05) is 10.9 Å². The molecule has 0 saturated carbocycles. The molecule has 0 bridgehead atoms. The van der Waals surface area contributed by atoms with Gasteiger partial charge in [-0.3, -0.25) is 0 Å². The molecule has 0 aromatic heterocycles. The maximum absolute atomic E-state index is 6.43. The number of ether oxygens (including phenoxy) is 1. The third kappa shape index (κ3) is 3.59. The number of hydrogen-bond donors (Lipinski definition) is 0. The van der Waals surface area contributed by atoms with E-state index in [1.807, 2.05) is 27.7 Å². The van der Waals surface area contributed by atoms with E-state index in [-0.39, 0.29) is 5.60 Å². The van der Waals surface area contributed by atoms with Gasteiger partial charge in [-0.1, -0.05) is 81.3 Å². The highest BCUT2D eigenvalue weighted by Gasteiger charge is 2.31. The van der Waals surface area contributed by atoms with E-state index in [4.69, 9.17) is 4.74 Å². The maximum atomic E-state index is 6.43. The Morgan fingerprint density at radius 3 is 2.21 bits per heavy atom. The molecule has 1 heterocycles. The van der Waals surface area contributed by atoms with Crippen LogP contribution in [0.15, 0.2) is 42.5 Å². The van der Waals surface area contributed by atoms with Crippen molar-refractivity contribution in [3.05, 3.63) is 70.3 Å². The molecule has 152 valence electrons. The molecule has 0 fully saturated rings. The Labute approximate surface area is 176 Å². The molecule has 3 aromatic rings. The molecule has 1 aliphatic carbocycles. The Balaban J connectivity index is 0.000000568. The van der Waals surface area contributed by atoms with Crippen LogP contribution in [0.4, 0.5) is 0 Å². The van der Waals surface area contributed by atoms with Gasteiger partial charge in [0.2, 0.25) is 0 Å². The number of rotatable bonds is 0. The van der Waals surface area contributed by atoms with Crippen molar-refractivity contribution in [3.8, 4) is 16.9 Å². The summed E-state index contributed by atoms with van der Waals surface area (Å²) < 4.78 is 6.43. The van der Waals surface area contributed by atoms with Crippen LogP contribution in [0.2, 0.25) is 0 Å². The van der Waals surface area contributed by atoms with Crippen LogP contribution >= 0.6 is 0 Å². The molecule has 29 heavy (non-hydrogen) atoms. The van der Waals surface area contributed by atoms with Crippen molar-refractivity contribution in [1.82, 2.24) is 0 Å². The summed E-state index contributed by atoms with van der Waals surface area (Å²) in [5, 5.41) is 2.55. The average Bonchev–Trinajstić information content (AvgIpc) is 3.09. The minimum absolute atomic E-state index is 0.263. The lowest BCUT2D eigenvalue weighted by atomic mass is 9.89. The monoisotopic (exact) mass is 386 g/mol. The van der Waals surface area contributed by atoms with Crippen molar-refractivity contribution >= 4 is 16.8 Å². The first-order valence-electron chi connectivity index (χ1n) is 11.0. The summed E-state index contributed by atoms with van der Waals surface area (Å²) in [6.45, 7) is 16.6. The highest BCUT2D eigenvalue weighted by atomic mass is 16.5. The van der Waals surface area contributed by atoms with Crippen molar-refractivity contribution in [1.29, 1.82) is 0 Å². The summed E-state index contributed by atoms with van der Waals surface area (Å²) in [5.41, 5.74) is 9.26. The molecule has 0 N–H and O–H groups in total. The van der Waals surface area contributed by atoms with Gasteiger partial charge in [0.15, 0.2) is 0 Å². The fourth-order valence-corrected chi connectivity index (χ4v) is 4.27. The van der Waals surface area contributed by atoms with Crippen molar-refractivity contribution in [2.75, 3.05) is 0 Å². The van der Waals surface area contributed by atoms with Crippen LogP contribution in [0.5, 0.6) is 5.75 Å². The molecule has 1 nitrogen and oxygen atoms in total. The zero-order chi connectivity index (χ0) is 21.3. The first kappa shape index (κ1) is 21.2. The first-order chi connectivity index (χ1) is 13.9. The zero-order valence-corrected chi connectivity index (χ0v) is 19.2. The molecule has 1 heteroatoms. The highest BCUT2D eigenvalue weighted by Crippen LogP contribution is 2.50. The molecule has 0 spiro atoms. The van der Waals surface area contributed by atoms with E-state index in [1.165, 1.54) is 49.7 Å². The summed E-state index contributed by atoms with van der Waals surface area (Å²) in [6, 6.07) is 13.6. The third-order valence-corrected chi connectivity index (χ3v) is 5.48. The van der Waals surface area contributed by atoms with E-state index >= 15 is 0 Å². The molecule has 0 unspecified atom stereocenters. The summed E-state index contributed by atoms with van der Waals surface area (Å²) in [4.78, 5) is 0. The first-order valence-corrected chi connectivity index (χ1v) is 11.0. The Morgan fingerprint density at radius 2 is 1.48 bits per heavy atom. The van der Waals surface area contributed by atoms with Gasteiger partial charge in [-0.2, -0.15) is 0 Å². The predicted octanol–water partition coefficient (Wildman–Crippen LogP) is 8.26. The summed E-state index contributed by atoms with van der Waals surface area (Å²) in [5.74, 6) is 1.05. The fourth-order valence-electron chi connectivity index (χ4n) is 4.27. The number of aryl methyl sites for hydroxylation is 2. The largest absolute Gasteiger partial charge is 0.482 e. The minimum Gasteiger partial charge on any atom is -0.482 e. The number of hydrogen-bond acceptors (Lipinski definition) is 1. The quantitative estimate of drug-likeness (QED) is 0.295. The molecule has 2 aliphatic rings. The maximum Gasteiger partial charge on any atom is 0.135 e. The van der Waals surface area contributed by atoms with Crippen LogP contribution in [0, 0.1) is 13.8 Å².